The first-order valence-electron chi connectivity index (χ1n) is 5.24. The Labute approximate surface area is 128 Å². The van der Waals surface area contributed by atoms with Gasteiger partial charge in [-0.15, -0.1) is 0 Å². The average molecular weight is 370 g/mol. The molecule has 1 aromatic rings. The van der Waals surface area contributed by atoms with Crippen molar-refractivity contribution >= 4 is 56.7 Å². The summed E-state index contributed by atoms with van der Waals surface area (Å²) in [4.78, 5) is 23.1. The number of anilines is 1. The van der Waals surface area contributed by atoms with Crippen molar-refractivity contribution in [3.63, 3.8) is 0 Å². The summed E-state index contributed by atoms with van der Waals surface area (Å²) in [5, 5.41) is 2.85. The molecule has 0 heterocycles. The molecule has 0 aromatic heterocycles. The Morgan fingerprint density at radius 1 is 1.42 bits per heavy atom. The van der Waals surface area contributed by atoms with Crippen molar-refractivity contribution in [1.82, 2.24) is 0 Å². The number of ether oxygens (including phenoxy) is 1. The maximum Gasteiger partial charge on any atom is 0.332 e. The van der Waals surface area contributed by atoms with E-state index in [2.05, 4.69) is 26.0 Å². The number of nitrogens with two attached hydrogens (primary N) is 1. The fourth-order valence-corrected chi connectivity index (χ4v) is 2.50. The van der Waals surface area contributed by atoms with Gasteiger partial charge in [-0.05, 0) is 19.1 Å². The number of hydrogen-bond donors (Lipinski definition) is 2. The zero-order valence-electron chi connectivity index (χ0n) is 9.88. The van der Waals surface area contributed by atoms with Crippen LogP contribution in [-0.2, 0) is 14.3 Å². The molecule has 0 saturated heterocycles. The highest BCUT2D eigenvalue weighted by atomic mass is 79.9. The van der Waals surface area contributed by atoms with Gasteiger partial charge in [-0.2, -0.15) is 0 Å². The molecule has 0 saturated carbocycles. The van der Waals surface area contributed by atoms with Crippen LogP contribution in [-0.4, -0.2) is 24.5 Å². The molecule has 5 nitrogen and oxygen atoms in total. The molecule has 3 N–H and O–H groups in total. The monoisotopic (exact) mass is 368 g/mol. The summed E-state index contributed by atoms with van der Waals surface area (Å²) in [6.45, 7) is 1.75. The molecular weight excluding hydrogens is 359 g/mol. The third-order valence-electron chi connectivity index (χ3n) is 2.08. The Morgan fingerprint density at radius 2 is 1.95 bits per heavy atom. The molecule has 1 aromatic carbocycles. The van der Waals surface area contributed by atoms with Crippen LogP contribution >= 0.6 is 39.1 Å². The van der Waals surface area contributed by atoms with E-state index in [1.165, 1.54) is 0 Å². The van der Waals surface area contributed by atoms with Crippen molar-refractivity contribution in [2.45, 2.75) is 13.0 Å². The van der Waals surface area contributed by atoms with Crippen molar-refractivity contribution in [2.75, 3.05) is 11.9 Å². The van der Waals surface area contributed by atoms with E-state index in [1.54, 1.807) is 19.1 Å². The molecular formula is C11H11BrCl2N2O3. The molecule has 1 amide bonds. The standard InChI is InChI=1S/C11H11BrCl2N2O3/c1-2-19-11(18)8(15)10(17)16-9-6(13)3-5(12)4-7(9)14/h3-4,8H,2,15H2,1H3,(H,16,17). The van der Waals surface area contributed by atoms with Crippen LogP contribution in [0, 0.1) is 0 Å². The molecule has 0 aliphatic rings. The summed E-state index contributed by atoms with van der Waals surface area (Å²) in [5.74, 6) is -1.56. The lowest BCUT2D eigenvalue weighted by Gasteiger charge is -2.13. The van der Waals surface area contributed by atoms with Crippen molar-refractivity contribution in [1.29, 1.82) is 0 Å². The summed E-state index contributed by atoms with van der Waals surface area (Å²) in [7, 11) is 0. The lowest BCUT2D eigenvalue weighted by atomic mass is 10.2. The van der Waals surface area contributed by atoms with Gasteiger partial charge in [0.1, 0.15) is 0 Å². The fraction of sp³-hybridized carbons (Fsp3) is 0.273. The quantitative estimate of drug-likeness (QED) is 0.631. The SMILES string of the molecule is CCOC(=O)C(N)C(=O)Nc1c(Cl)cc(Br)cc1Cl. The number of esters is 1. The first kappa shape index (κ1) is 16.2. The smallest absolute Gasteiger partial charge is 0.332 e. The molecule has 19 heavy (non-hydrogen) atoms. The number of rotatable bonds is 4. The molecule has 1 atom stereocenters. The average Bonchev–Trinajstić information content (AvgIpc) is 2.32. The van der Waals surface area contributed by atoms with Gasteiger partial charge >= 0.3 is 5.97 Å². The summed E-state index contributed by atoms with van der Waals surface area (Å²) in [6, 6.07) is 1.67. The van der Waals surface area contributed by atoms with E-state index in [0.717, 1.165) is 0 Å². The highest BCUT2D eigenvalue weighted by Gasteiger charge is 2.24. The van der Waals surface area contributed by atoms with Gasteiger partial charge in [-0.25, -0.2) is 4.79 Å². The van der Waals surface area contributed by atoms with Gasteiger partial charge in [0.15, 0.2) is 6.04 Å². The van der Waals surface area contributed by atoms with Crippen LogP contribution in [0.15, 0.2) is 16.6 Å². The van der Waals surface area contributed by atoms with Gasteiger partial charge in [0, 0.05) is 4.47 Å². The van der Waals surface area contributed by atoms with Crippen molar-refractivity contribution in [3.8, 4) is 0 Å². The zero-order valence-corrected chi connectivity index (χ0v) is 13.0. The summed E-state index contributed by atoms with van der Waals surface area (Å²) >= 11 is 15.1. The van der Waals surface area contributed by atoms with E-state index in [4.69, 9.17) is 28.9 Å². The number of carbonyl (C=O) groups excluding carboxylic acids is 2. The van der Waals surface area contributed by atoms with Gasteiger partial charge in [0.25, 0.3) is 5.91 Å². The Morgan fingerprint density at radius 3 is 2.42 bits per heavy atom. The minimum atomic E-state index is -1.43. The van der Waals surface area contributed by atoms with Crippen LogP contribution in [0.2, 0.25) is 10.0 Å². The van der Waals surface area contributed by atoms with E-state index >= 15 is 0 Å². The van der Waals surface area contributed by atoms with Crippen LogP contribution in [0.5, 0.6) is 0 Å². The number of carbonyl (C=O) groups is 2. The first-order valence-corrected chi connectivity index (χ1v) is 6.79. The third-order valence-corrected chi connectivity index (χ3v) is 3.13. The predicted molar refractivity (Wildman–Crippen MR) is 77.4 cm³/mol. The molecule has 0 bridgehead atoms. The molecule has 0 spiro atoms. The minimum Gasteiger partial charge on any atom is -0.464 e. The Kier molecular flexibility index (Phi) is 6.06. The molecule has 0 aliphatic heterocycles. The minimum absolute atomic E-state index is 0.139. The van der Waals surface area contributed by atoms with E-state index in [1.807, 2.05) is 0 Å². The number of benzene rings is 1. The fourth-order valence-electron chi connectivity index (χ4n) is 1.20. The second kappa shape index (κ2) is 7.09. The lowest BCUT2D eigenvalue weighted by molar-refractivity contribution is -0.146. The van der Waals surface area contributed by atoms with Crippen molar-refractivity contribution in [2.24, 2.45) is 5.73 Å². The van der Waals surface area contributed by atoms with Crippen LogP contribution in [0.25, 0.3) is 0 Å². The maximum absolute atomic E-state index is 11.8. The van der Waals surface area contributed by atoms with E-state index in [-0.39, 0.29) is 22.3 Å². The van der Waals surface area contributed by atoms with Crippen LogP contribution in [0.3, 0.4) is 0 Å². The highest BCUT2D eigenvalue weighted by Crippen LogP contribution is 2.33. The van der Waals surface area contributed by atoms with Gasteiger partial charge in [0.05, 0.1) is 22.3 Å². The second-order valence-corrected chi connectivity index (χ2v) is 5.19. The van der Waals surface area contributed by atoms with E-state index in [9.17, 15) is 9.59 Å². The maximum atomic E-state index is 11.8. The molecule has 0 fully saturated rings. The second-order valence-electron chi connectivity index (χ2n) is 3.46. The Hall–Kier alpha value is -0.820. The molecule has 1 rings (SSSR count). The van der Waals surface area contributed by atoms with Crippen LogP contribution in [0.4, 0.5) is 5.69 Å². The van der Waals surface area contributed by atoms with Gasteiger partial charge < -0.3 is 15.8 Å². The molecule has 0 aliphatic carbocycles. The molecule has 1 unspecified atom stereocenters. The first-order chi connectivity index (χ1) is 8.86. The zero-order chi connectivity index (χ0) is 14.6. The Balaban J connectivity index is 2.86. The molecule has 104 valence electrons. The third kappa shape index (κ3) is 4.35. The normalized spacial score (nSPS) is 11.8. The lowest BCUT2D eigenvalue weighted by Crippen LogP contribution is -2.43. The summed E-state index contributed by atoms with van der Waals surface area (Å²) in [6.07, 6.45) is 0. The van der Waals surface area contributed by atoms with Crippen molar-refractivity contribution < 1.29 is 14.3 Å². The molecule has 0 radical (unpaired) electrons. The number of halogens is 3. The van der Waals surface area contributed by atoms with Gasteiger partial charge in [-0.3, -0.25) is 4.79 Å². The topological polar surface area (TPSA) is 81.4 Å². The summed E-state index contributed by atoms with van der Waals surface area (Å²) in [5.41, 5.74) is 5.63. The number of nitrogens with one attached hydrogen (secondary N) is 1. The highest BCUT2D eigenvalue weighted by molar-refractivity contribution is 9.10. The van der Waals surface area contributed by atoms with Crippen LogP contribution < -0.4 is 11.1 Å². The summed E-state index contributed by atoms with van der Waals surface area (Å²) < 4.78 is 5.31. The number of hydrogen-bond acceptors (Lipinski definition) is 4. The molecule has 8 heteroatoms. The van der Waals surface area contributed by atoms with E-state index < -0.39 is 17.9 Å². The van der Waals surface area contributed by atoms with Crippen molar-refractivity contribution in [3.05, 3.63) is 26.7 Å². The van der Waals surface area contributed by atoms with Gasteiger partial charge in [0.2, 0.25) is 0 Å². The van der Waals surface area contributed by atoms with Crippen LogP contribution in [0.1, 0.15) is 6.92 Å². The largest absolute Gasteiger partial charge is 0.464 e. The Bertz CT molecular complexity index is 488. The van der Waals surface area contributed by atoms with E-state index in [0.29, 0.717) is 4.47 Å². The van der Waals surface area contributed by atoms with Gasteiger partial charge in [-0.1, -0.05) is 39.1 Å². The predicted octanol–water partition coefficient (Wildman–Crippen LogP) is 2.58. The number of amides is 1.